The van der Waals surface area contributed by atoms with Gasteiger partial charge in [0.25, 0.3) is 15.9 Å². The number of halogens is 1. The number of benzene rings is 1. The van der Waals surface area contributed by atoms with Crippen LogP contribution in [0.4, 0.5) is 0 Å². The van der Waals surface area contributed by atoms with E-state index in [0.29, 0.717) is 22.9 Å². The maximum absolute atomic E-state index is 12.3. The summed E-state index contributed by atoms with van der Waals surface area (Å²) in [5.74, 6) is -0.00743. The summed E-state index contributed by atoms with van der Waals surface area (Å²) in [6.45, 7) is 0.0549. The summed E-state index contributed by atoms with van der Waals surface area (Å²) in [7, 11) is -2.03. The van der Waals surface area contributed by atoms with Crippen molar-refractivity contribution in [2.24, 2.45) is 0 Å². The highest BCUT2D eigenvalue weighted by Crippen LogP contribution is 2.21. The van der Waals surface area contributed by atoms with Gasteiger partial charge in [0.2, 0.25) is 5.89 Å². The molecule has 0 aliphatic carbocycles. The van der Waals surface area contributed by atoms with Crippen molar-refractivity contribution >= 4 is 38.9 Å². The lowest BCUT2D eigenvalue weighted by atomic mass is 10.2. The third kappa shape index (κ3) is 5.63. The van der Waals surface area contributed by atoms with Crippen molar-refractivity contribution in [1.29, 1.82) is 0 Å². The fourth-order valence-electron chi connectivity index (χ4n) is 2.37. The molecule has 0 saturated carbocycles. The molecule has 0 atom stereocenters. The fraction of sp³-hybridized carbons (Fsp3) is 0.278. The minimum Gasteiger partial charge on any atom is -0.456 e. The van der Waals surface area contributed by atoms with Crippen LogP contribution in [0.3, 0.4) is 0 Å². The molecule has 8 nitrogen and oxygen atoms in total. The number of carbonyl (C=O) groups is 1. The molecule has 29 heavy (non-hydrogen) atoms. The number of aromatic nitrogens is 2. The van der Waals surface area contributed by atoms with Crippen molar-refractivity contribution in [3.8, 4) is 11.5 Å². The molecule has 3 rings (SSSR count). The van der Waals surface area contributed by atoms with Crippen molar-refractivity contribution in [2.75, 3.05) is 13.6 Å². The Balaban J connectivity index is 1.43. The maximum Gasteiger partial charge on any atom is 0.306 e. The van der Waals surface area contributed by atoms with E-state index in [1.165, 1.54) is 11.4 Å². The van der Waals surface area contributed by atoms with Crippen LogP contribution in [-0.4, -0.2) is 42.5 Å². The number of ether oxygens (including phenoxy) is 1. The van der Waals surface area contributed by atoms with Gasteiger partial charge in [-0.15, -0.1) is 21.5 Å². The number of rotatable bonds is 9. The predicted octanol–water partition coefficient (Wildman–Crippen LogP) is 3.60. The van der Waals surface area contributed by atoms with Gasteiger partial charge in [0, 0.05) is 30.6 Å². The second-order valence-electron chi connectivity index (χ2n) is 6.03. The van der Waals surface area contributed by atoms with Crippen LogP contribution in [0, 0.1) is 0 Å². The topological polar surface area (TPSA) is 103 Å². The third-order valence-corrected chi connectivity index (χ3v) is 7.41. The average Bonchev–Trinajstić information content (AvgIpc) is 3.39. The second-order valence-corrected chi connectivity index (χ2v) is 9.69. The zero-order valence-electron chi connectivity index (χ0n) is 15.4. The Kier molecular flexibility index (Phi) is 7.01. The molecule has 0 saturated heterocycles. The Morgan fingerprint density at radius 2 is 2.00 bits per heavy atom. The summed E-state index contributed by atoms with van der Waals surface area (Å²) < 4.78 is 36.7. The molecule has 154 valence electrons. The lowest BCUT2D eigenvalue weighted by Crippen LogP contribution is -2.27. The van der Waals surface area contributed by atoms with Gasteiger partial charge >= 0.3 is 5.97 Å². The summed E-state index contributed by atoms with van der Waals surface area (Å²) in [6, 6.07) is 10.1. The summed E-state index contributed by atoms with van der Waals surface area (Å²) in [5.41, 5.74) is 0.703. The highest BCUT2D eigenvalue weighted by atomic mass is 35.5. The van der Waals surface area contributed by atoms with Gasteiger partial charge < -0.3 is 9.15 Å². The van der Waals surface area contributed by atoms with Gasteiger partial charge in [0.05, 0.1) is 0 Å². The first kappa shape index (κ1) is 21.4. The number of thiophene rings is 1. The quantitative estimate of drug-likeness (QED) is 0.454. The Hall–Kier alpha value is -2.27. The SMILES string of the molecule is CN(CCCC(=O)OCc1nnc(-c2ccc(Cl)cc2)o1)S(=O)(=O)c1cccs1. The average molecular weight is 456 g/mol. The molecule has 0 fully saturated rings. The fourth-order valence-corrected chi connectivity index (χ4v) is 4.90. The number of carbonyl (C=O) groups excluding carboxylic acids is 1. The smallest absolute Gasteiger partial charge is 0.306 e. The van der Waals surface area contributed by atoms with Gasteiger partial charge in [-0.2, -0.15) is 0 Å². The minimum absolute atomic E-state index is 0.0719. The van der Waals surface area contributed by atoms with Crippen molar-refractivity contribution in [3.63, 3.8) is 0 Å². The molecule has 3 aromatic rings. The molecule has 0 aliphatic rings. The standard InChI is InChI=1S/C18H18ClN3O5S2/c1-22(29(24,25)17-5-3-11-28-17)10-2-4-16(23)26-12-15-20-21-18(27-15)13-6-8-14(19)9-7-13/h3,5-9,11H,2,4,10,12H2,1H3. The summed E-state index contributed by atoms with van der Waals surface area (Å²) in [5, 5.41) is 10.0. The van der Waals surface area contributed by atoms with E-state index in [2.05, 4.69) is 10.2 Å². The van der Waals surface area contributed by atoms with Crippen LogP contribution >= 0.6 is 22.9 Å². The van der Waals surface area contributed by atoms with Gasteiger partial charge in [-0.05, 0) is 42.1 Å². The van der Waals surface area contributed by atoms with Crippen LogP contribution in [0.1, 0.15) is 18.7 Å². The van der Waals surface area contributed by atoms with Crippen LogP contribution < -0.4 is 0 Å². The van der Waals surface area contributed by atoms with Crippen LogP contribution in [0.5, 0.6) is 0 Å². The van der Waals surface area contributed by atoms with Crippen molar-refractivity contribution in [3.05, 3.63) is 52.7 Å². The van der Waals surface area contributed by atoms with Gasteiger partial charge in [0.1, 0.15) is 4.21 Å². The van der Waals surface area contributed by atoms with Crippen molar-refractivity contribution in [1.82, 2.24) is 14.5 Å². The molecule has 0 radical (unpaired) electrons. The van der Waals surface area contributed by atoms with E-state index in [0.717, 1.165) is 11.3 Å². The number of sulfonamides is 1. The summed E-state index contributed by atoms with van der Waals surface area (Å²) >= 11 is 6.99. The molecule has 2 heterocycles. The molecular weight excluding hydrogens is 438 g/mol. The molecule has 11 heteroatoms. The third-order valence-electron chi connectivity index (χ3n) is 3.93. The van der Waals surface area contributed by atoms with Crippen LogP contribution in [-0.2, 0) is 26.2 Å². The number of hydrogen-bond donors (Lipinski definition) is 0. The summed E-state index contributed by atoms with van der Waals surface area (Å²) in [6.07, 6.45) is 0.405. The number of nitrogens with zero attached hydrogens (tertiary/aromatic N) is 3. The lowest BCUT2D eigenvalue weighted by molar-refractivity contribution is -0.145. The molecule has 0 amide bonds. The normalized spacial score (nSPS) is 11.7. The van der Waals surface area contributed by atoms with Gasteiger partial charge in [0.15, 0.2) is 6.61 Å². The maximum atomic E-state index is 12.3. The van der Waals surface area contributed by atoms with E-state index in [-0.39, 0.29) is 29.7 Å². The van der Waals surface area contributed by atoms with E-state index in [1.54, 1.807) is 41.8 Å². The van der Waals surface area contributed by atoms with E-state index >= 15 is 0 Å². The van der Waals surface area contributed by atoms with Gasteiger partial charge in [-0.1, -0.05) is 17.7 Å². The van der Waals surface area contributed by atoms with E-state index in [4.69, 9.17) is 20.8 Å². The van der Waals surface area contributed by atoms with E-state index in [1.807, 2.05) is 0 Å². The molecular formula is C18H18ClN3O5S2. The zero-order valence-corrected chi connectivity index (χ0v) is 17.8. The van der Waals surface area contributed by atoms with Crippen LogP contribution in [0.25, 0.3) is 11.5 Å². The lowest BCUT2D eigenvalue weighted by Gasteiger charge is -2.15. The molecule has 2 aromatic heterocycles. The molecule has 0 bridgehead atoms. The second kappa shape index (κ2) is 9.49. The summed E-state index contributed by atoms with van der Waals surface area (Å²) in [4.78, 5) is 11.9. The molecule has 0 aliphatic heterocycles. The first-order valence-electron chi connectivity index (χ1n) is 8.60. The van der Waals surface area contributed by atoms with Gasteiger partial charge in [-0.3, -0.25) is 4.79 Å². The molecule has 1 aromatic carbocycles. The number of hydrogen-bond acceptors (Lipinski definition) is 8. The van der Waals surface area contributed by atoms with Crippen molar-refractivity contribution < 1.29 is 22.4 Å². The Morgan fingerprint density at radius 1 is 1.24 bits per heavy atom. The first-order valence-corrected chi connectivity index (χ1v) is 11.3. The monoisotopic (exact) mass is 455 g/mol. The van der Waals surface area contributed by atoms with Crippen LogP contribution in [0.15, 0.2) is 50.4 Å². The molecule has 0 N–H and O–H groups in total. The van der Waals surface area contributed by atoms with E-state index < -0.39 is 16.0 Å². The highest BCUT2D eigenvalue weighted by Gasteiger charge is 2.21. The molecule has 0 unspecified atom stereocenters. The van der Waals surface area contributed by atoms with Crippen LogP contribution in [0.2, 0.25) is 5.02 Å². The predicted molar refractivity (Wildman–Crippen MR) is 108 cm³/mol. The minimum atomic E-state index is -3.52. The molecule has 0 spiro atoms. The Bertz CT molecular complexity index is 1050. The zero-order chi connectivity index (χ0) is 20.9. The van der Waals surface area contributed by atoms with Crippen molar-refractivity contribution in [2.45, 2.75) is 23.7 Å². The largest absolute Gasteiger partial charge is 0.456 e. The highest BCUT2D eigenvalue weighted by molar-refractivity contribution is 7.91. The van der Waals surface area contributed by atoms with Gasteiger partial charge in [-0.25, -0.2) is 12.7 Å². The Labute approximate surface area is 177 Å². The first-order chi connectivity index (χ1) is 13.9. The Morgan fingerprint density at radius 3 is 2.69 bits per heavy atom. The van der Waals surface area contributed by atoms with E-state index in [9.17, 15) is 13.2 Å². The number of esters is 1.